The highest BCUT2D eigenvalue weighted by Crippen LogP contribution is 2.20. The molecule has 2 rings (SSSR count). The van der Waals surface area contributed by atoms with E-state index in [9.17, 15) is 4.79 Å². The number of likely N-dealkylation sites (tertiary alicyclic amines) is 1. The molecule has 0 spiro atoms. The Morgan fingerprint density at radius 3 is 2.54 bits per heavy atom. The molecule has 0 aliphatic carbocycles. The van der Waals surface area contributed by atoms with Crippen molar-refractivity contribution < 1.29 is 14.6 Å². The summed E-state index contributed by atoms with van der Waals surface area (Å²) in [6, 6.07) is 8.04. The van der Waals surface area contributed by atoms with Crippen LogP contribution in [0.5, 0.6) is 5.75 Å². The number of ether oxygens (including phenoxy) is 1. The highest BCUT2D eigenvalue weighted by atomic mass is 16.5. The zero-order valence-electron chi connectivity index (χ0n) is 15.0. The van der Waals surface area contributed by atoms with Crippen LogP contribution in [0, 0.1) is 11.8 Å². The van der Waals surface area contributed by atoms with Crippen molar-refractivity contribution in [2.75, 3.05) is 26.3 Å². The number of rotatable bonds is 9. The Morgan fingerprint density at radius 1 is 1.29 bits per heavy atom. The normalized spacial score (nSPS) is 16.7. The Hall–Kier alpha value is -1.59. The van der Waals surface area contributed by atoms with Gasteiger partial charge in [-0.3, -0.25) is 9.69 Å². The summed E-state index contributed by atoms with van der Waals surface area (Å²) in [5, 5.41) is 11.8. The molecule has 1 amide bonds. The molecule has 5 heteroatoms. The van der Waals surface area contributed by atoms with Crippen molar-refractivity contribution in [2.45, 2.75) is 39.8 Å². The van der Waals surface area contributed by atoms with Gasteiger partial charge < -0.3 is 15.2 Å². The van der Waals surface area contributed by atoms with Gasteiger partial charge in [0.05, 0.1) is 19.1 Å². The number of nitrogens with zero attached hydrogens (tertiary/aromatic N) is 1. The molecule has 1 saturated heterocycles. The molecule has 1 fully saturated rings. The third kappa shape index (κ3) is 5.80. The second kappa shape index (κ2) is 9.04. The quantitative estimate of drug-likeness (QED) is 0.725. The molecule has 134 valence electrons. The zero-order chi connectivity index (χ0) is 17.5. The van der Waals surface area contributed by atoms with E-state index in [2.05, 4.69) is 36.2 Å². The SMILES string of the molecule is CC(C)CCOc1ccc(CN2CC(C(=O)N[C@@H](C)CO)C2)cc1. The van der Waals surface area contributed by atoms with E-state index in [1.165, 1.54) is 5.56 Å². The number of carbonyl (C=O) groups is 1. The van der Waals surface area contributed by atoms with E-state index in [-0.39, 0.29) is 24.5 Å². The van der Waals surface area contributed by atoms with Gasteiger partial charge in [0.25, 0.3) is 0 Å². The van der Waals surface area contributed by atoms with Crippen molar-refractivity contribution in [3.8, 4) is 5.75 Å². The summed E-state index contributed by atoms with van der Waals surface area (Å²) in [7, 11) is 0. The number of aliphatic hydroxyl groups excluding tert-OH is 1. The van der Waals surface area contributed by atoms with Gasteiger partial charge in [-0.15, -0.1) is 0 Å². The van der Waals surface area contributed by atoms with Crippen LogP contribution in [0.1, 0.15) is 32.8 Å². The van der Waals surface area contributed by atoms with Gasteiger partial charge in [0.2, 0.25) is 5.91 Å². The topological polar surface area (TPSA) is 61.8 Å². The highest BCUT2D eigenvalue weighted by Gasteiger charge is 2.32. The monoisotopic (exact) mass is 334 g/mol. The van der Waals surface area contributed by atoms with Gasteiger partial charge in [0, 0.05) is 25.7 Å². The Balaban J connectivity index is 1.69. The Bertz CT molecular complexity index is 510. The minimum Gasteiger partial charge on any atom is -0.494 e. The first-order valence-corrected chi connectivity index (χ1v) is 8.83. The zero-order valence-corrected chi connectivity index (χ0v) is 15.0. The molecule has 0 unspecified atom stereocenters. The molecule has 24 heavy (non-hydrogen) atoms. The van der Waals surface area contributed by atoms with Gasteiger partial charge in [0.1, 0.15) is 5.75 Å². The van der Waals surface area contributed by atoms with Crippen LogP contribution in [0.25, 0.3) is 0 Å². The van der Waals surface area contributed by atoms with Crippen molar-refractivity contribution in [3.63, 3.8) is 0 Å². The molecular formula is C19H30N2O3. The van der Waals surface area contributed by atoms with Crippen molar-refractivity contribution in [3.05, 3.63) is 29.8 Å². The Labute approximate surface area is 145 Å². The summed E-state index contributed by atoms with van der Waals surface area (Å²) in [6.45, 7) is 9.33. The highest BCUT2D eigenvalue weighted by molar-refractivity contribution is 5.80. The van der Waals surface area contributed by atoms with Gasteiger partial charge in [-0.05, 0) is 37.0 Å². The number of carbonyl (C=O) groups excluding carboxylic acids is 1. The molecule has 0 radical (unpaired) electrons. The molecule has 0 saturated carbocycles. The van der Waals surface area contributed by atoms with Crippen molar-refractivity contribution in [2.24, 2.45) is 11.8 Å². The van der Waals surface area contributed by atoms with Crippen molar-refractivity contribution >= 4 is 5.91 Å². The third-order valence-electron chi connectivity index (χ3n) is 4.28. The predicted molar refractivity (Wildman–Crippen MR) is 94.8 cm³/mol. The lowest BCUT2D eigenvalue weighted by Gasteiger charge is -2.38. The van der Waals surface area contributed by atoms with Crippen LogP contribution >= 0.6 is 0 Å². The van der Waals surface area contributed by atoms with Gasteiger partial charge in [-0.25, -0.2) is 0 Å². The lowest BCUT2D eigenvalue weighted by Crippen LogP contribution is -2.54. The molecule has 0 bridgehead atoms. The van der Waals surface area contributed by atoms with E-state index in [0.29, 0.717) is 5.92 Å². The third-order valence-corrected chi connectivity index (χ3v) is 4.28. The number of hydrogen-bond donors (Lipinski definition) is 2. The molecule has 1 aromatic carbocycles. The molecule has 0 aromatic heterocycles. The fourth-order valence-corrected chi connectivity index (χ4v) is 2.63. The van der Waals surface area contributed by atoms with Crippen LogP contribution in [0.2, 0.25) is 0 Å². The molecule has 1 atom stereocenters. The first-order valence-electron chi connectivity index (χ1n) is 8.83. The summed E-state index contributed by atoms with van der Waals surface area (Å²) >= 11 is 0. The Morgan fingerprint density at radius 2 is 1.96 bits per heavy atom. The van der Waals surface area contributed by atoms with E-state index in [0.717, 1.165) is 38.4 Å². The number of amides is 1. The maximum atomic E-state index is 11.9. The van der Waals surface area contributed by atoms with Gasteiger partial charge >= 0.3 is 0 Å². The maximum absolute atomic E-state index is 11.9. The van der Waals surface area contributed by atoms with Gasteiger partial charge in [0.15, 0.2) is 0 Å². The summed E-state index contributed by atoms with van der Waals surface area (Å²) in [6.07, 6.45) is 1.06. The maximum Gasteiger partial charge on any atom is 0.225 e. The summed E-state index contributed by atoms with van der Waals surface area (Å²) in [4.78, 5) is 14.2. The number of hydrogen-bond acceptors (Lipinski definition) is 4. The number of aliphatic hydroxyl groups is 1. The van der Waals surface area contributed by atoms with E-state index in [1.54, 1.807) is 6.92 Å². The van der Waals surface area contributed by atoms with E-state index >= 15 is 0 Å². The minimum absolute atomic E-state index is 0.0201. The standard InChI is InChI=1S/C19H30N2O3/c1-14(2)8-9-24-18-6-4-16(5-7-18)10-21-11-17(12-21)19(23)20-15(3)13-22/h4-7,14-15,17,22H,8-13H2,1-3H3,(H,20,23)/t15-/m0/s1. The number of nitrogens with one attached hydrogen (secondary N) is 1. The fourth-order valence-electron chi connectivity index (χ4n) is 2.63. The van der Waals surface area contributed by atoms with E-state index in [1.807, 2.05) is 12.1 Å². The van der Waals surface area contributed by atoms with Crippen molar-refractivity contribution in [1.29, 1.82) is 0 Å². The summed E-state index contributed by atoms with van der Waals surface area (Å²) in [5.41, 5.74) is 1.23. The van der Waals surface area contributed by atoms with Crippen LogP contribution in [0.3, 0.4) is 0 Å². The molecule has 1 aromatic rings. The smallest absolute Gasteiger partial charge is 0.225 e. The molecule has 2 N–H and O–H groups in total. The molecule has 5 nitrogen and oxygen atoms in total. The lowest BCUT2D eigenvalue weighted by atomic mass is 9.98. The summed E-state index contributed by atoms with van der Waals surface area (Å²) in [5.74, 6) is 1.65. The van der Waals surface area contributed by atoms with Crippen molar-refractivity contribution in [1.82, 2.24) is 10.2 Å². The van der Waals surface area contributed by atoms with Crippen LogP contribution < -0.4 is 10.1 Å². The average molecular weight is 334 g/mol. The van der Waals surface area contributed by atoms with E-state index < -0.39 is 0 Å². The molecule has 1 aliphatic heterocycles. The van der Waals surface area contributed by atoms with Crippen LogP contribution in [0.15, 0.2) is 24.3 Å². The molecule has 1 aliphatic rings. The molecular weight excluding hydrogens is 304 g/mol. The predicted octanol–water partition coefficient (Wildman–Crippen LogP) is 2.04. The minimum atomic E-state index is -0.171. The Kier molecular flexibility index (Phi) is 7.06. The largest absolute Gasteiger partial charge is 0.494 e. The van der Waals surface area contributed by atoms with E-state index in [4.69, 9.17) is 9.84 Å². The average Bonchev–Trinajstić information content (AvgIpc) is 2.51. The lowest BCUT2D eigenvalue weighted by molar-refractivity contribution is -0.131. The second-order valence-electron chi connectivity index (χ2n) is 7.16. The first kappa shape index (κ1) is 18.7. The van der Waals surface area contributed by atoms with Gasteiger partial charge in [-0.2, -0.15) is 0 Å². The first-order chi connectivity index (χ1) is 11.5. The van der Waals surface area contributed by atoms with Gasteiger partial charge in [-0.1, -0.05) is 26.0 Å². The van der Waals surface area contributed by atoms with Crippen LogP contribution in [-0.4, -0.2) is 48.3 Å². The van der Waals surface area contributed by atoms with Crippen LogP contribution in [0.4, 0.5) is 0 Å². The second-order valence-corrected chi connectivity index (χ2v) is 7.16. The van der Waals surface area contributed by atoms with Crippen LogP contribution in [-0.2, 0) is 11.3 Å². The summed E-state index contributed by atoms with van der Waals surface area (Å²) < 4.78 is 5.73. The number of benzene rings is 1. The fraction of sp³-hybridized carbons (Fsp3) is 0.632. The molecule has 1 heterocycles.